The van der Waals surface area contributed by atoms with Crippen LogP contribution in [0, 0.1) is 13.8 Å². The Bertz CT molecular complexity index is 572. The number of hydrogen-bond acceptors (Lipinski definition) is 1. The largest absolute Gasteiger partial charge is 0.349 e. The van der Waals surface area contributed by atoms with Crippen molar-refractivity contribution in [2.24, 2.45) is 0 Å². The quantitative estimate of drug-likeness (QED) is 0.821. The minimum absolute atomic E-state index is 0.813. The lowest BCUT2D eigenvalue weighted by Gasteiger charge is -2.38. The monoisotopic (exact) mass is 346 g/mol. The van der Waals surface area contributed by atoms with E-state index in [1.165, 1.54) is 49.7 Å². The summed E-state index contributed by atoms with van der Waals surface area (Å²) >= 11 is 5.68. The minimum atomic E-state index is 0.813. The average molecular weight is 347 g/mol. The van der Waals surface area contributed by atoms with Crippen LogP contribution in [-0.4, -0.2) is 42.2 Å². The van der Waals surface area contributed by atoms with Crippen molar-refractivity contribution in [2.75, 3.05) is 25.5 Å². The Labute approximate surface area is 152 Å². The summed E-state index contributed by atoms with van der Waals surface area (Å²) in [4.78, 5) is 4.13. The molecule has 1 saturated carbocycles. The number of quaternary nitrogens is 1. The maximum absolute atomic E-state index is 5.68. The fourth-order valence-electron chi connectivity index (χ4n) is 4.33. The van der Waals surface area contributed by atoms with Crippen molar-refractivity contribution < 1.29 is 4.90 Å². The molecule has 2 aliphatic rings. The summed E-state index contributed by atoms with van der Waals surface area (Å²) in [6, 6.07) is 8.09. The van der Waals surface area contributed by atoms with Gasteiger partial charge < -0.3 is 15.1 Å². The molecule has 1 atom stereocenters. The van der Waals surface area contributed by atoms with E-state index in [0.29, 0.717) is 0 Å². The predicted octanol–water partition coefficient (Wildman–Crippen LogP) is 2.92. The first-order chi connectivity index (χ1) is 11.6. The summed E-state index contributed by atoms with van der Waals surface area (Å²) in [5.41, 5.74) is 3.75. The molecule has 0 bridgehead atoms. The Balaban J connectivity index is 1.52. The first kappa shape index (κ1) is 17.7. The number of hydrogen-bond donors (Lipinski definition) is 2. The SMILES string of the molecule is Cc1cccc(NC(=S)N2CCC([NH+](C)C3CCCC3)CC2)c1C. The van der Waals surface area contributed by atoms with E-state index in [9.17, 15) is 0 Å². The second kappa shape index (κ2) is 7.83. The van der Waals surface area contributed by atoms with Gasteiger partial charge in [0.25, 0.3) is 0 Å². The van der Waals surface area contributed by atoms with E-state index in [4.69, 9.17) is 12.2 Å². The highest BCUT2D eigenvalue weighted by Crippen LogP contribution is 2.20. The third kappa shape index (κ3) is 3.92. The maximum atomic E-state index is 5.68. The van der Waals surface area contributed by atoms with Gasteiger partial charge in [0.05, 0.1) is 19.1 Å². The number of anilines is 1. The van der Waals surface area contributed by atoms with Gasteiger partial charge in [0.15, 0.2) is 5.11 Å². The Hall–Kier alpha value is -1.13. The van der Waals surface area contributed by atoms with Crippen LogP contribution in [-0.2, 0) is 0 Å². The molecule has 24 heavy (non-hydrogen) atoms. The number of thiocarbonyl (C=S) groups is 1. The van der Waals surface area contributed by atoms with Crippen LogP contribution in [0.2, 0.25) is 0 Å². The van der Waals surface area contributed by atoms with Crippen LogP contribution in [0.4, 0.5) is 5.69 Å². The summed E-state index contributed by atoms with van der Waals surface area (Å²) < 4.78 is 0. The molecule has 2 N–H and O–H groups in total. The lowest BCUT2D eigenvalue weighted by atomic mass is 10.0. The van der Waals surface area contributed by atoms with Gasteiger partial charge in [-0.2, -0.15) is 0 Å². The van der Waals surface area contributed by atoms with Crippen molar-refractivity contribution in [3.63, 3.8) is 0 Å². The van der Waals surface area contributed by atoms with E-state index in [2.05, 4.69) is 49.3 Å². The van der Waals surface area contributed by atoms with Gasteiger partial charge in [-0.05, 0) is 68.9 Å². The number of nitrogens with one attached hydrogen (secondary N) is 2. The van der Waals surface area contributed by atoms with Gasteiger partial charge in [-0.15, -0.1) is 0 Å². The van der Waals surface area contributed by atoms with E-state index >= 15 is 0 Å². The molecule has 3 nitrogen and oxygen atoms in total. The molecule has 1 heterocycles. The van der Waals surface area contributed by atoms with Crippen LogP contribution in [0.1, 0.15) is 49.7 Å². The molecule has 1 unspecified atom stereocenters. The van der Waals surface area contributed by atoms with Gasteiger partial charge in [0.2, 0.25) is 0 Å². The third-order valence-electron chi connectivity index (χ3n) is 6.27. The zero-order valence-electron chi connectivity index (χ0n) is 15.4. The normalized spacial score (nSPS) is 21.0. The molecule has 1 aliphatic carbocycles. The topological polar surface area (TPSA) is 19.7 Å². The van der Waals surface area contributed by atoms with E-state index in [-0.39, 0.29) is 0 Å². The molecule has 1 aliphatic heterocycles. The van der Waals surface area contributed by atoms with Crippen molar-refractivity contribution >= 4 is 23.0 Å². The van der Waals surface area contributed by atoms with Crippen LogP contribution < -0.4 is 10.2 Å². The molecule has 132 valence electrons. The van der Waals surface area contributed by atoms with Gasteiger partial charge >= 0.3 is 0 Å². The first-order valence-corrected chi connectivity index (χ1v) is 9.92. The third-order valence-corrected chi connectivity index (χ3v) is 6.63. The number of nitrogens with zero attached hydrogens (tertiary/aromatic N) is 1. The van der Waals surface area contributed by atoms with Crippen molar-refractivity contribution in [3.8, 4) is 0 Å². The summed E-state index contributed by atoms with van der Waals surface area (Å²) in [6.45, 7) is 6.49. The van der Waals surface area contributed by atoms with Crippen LogP contribution in [0.5, 0.6) is 0 Å². The molecule has 0 spiro atoms. The minimum Gasteiger partial charge on any atom is -0.349 e. The lowest BCUT2D eigenvalue weighted by Crippen LogP contribution is -3.16. The van der Waals surface area contributed by atoms with Crippen molar-refractivity contribution in [1.29, 1.82) is 0 Å². The van der Waals surface area contributed by atoms with E-state index in [0.717, 1.165) is 36.0 Å². The van der Waals surface area contributed by atoms with Crippen LogP contribution in [0.25, 0.3) is 0 Å². The van der Waals surface area contributed by atoms with Crippen LogP contribution in [0.15, 0.2) is 18.2 Å². The Morgan fingerprint density at radius 3 is 2.38 bits per heavy atom. The molecule has 1 saturated heterocycles. The average Bonchev–Trinajstić information content (AvgIpc) is 3.13. The number of rotatable bonds is 3. The van der Waals surface area contributed by atoms with Crippen LogP contribution >= 0.6 is 12.2 Å². The van der Waals surface area contributed by atoms with Crippen molar-refractivity contribution in [3.05, 3.63) is 29.3 Å². The number of aryl methyl sites for hydroxylation is 1. The number of piperidine rings is 1. The molecule has 1 aromatic carbocycles. The molecule has 1 aromatic rings. The highest BCUT2D eigenvalue weighted by molar-refractivity contribution is 7.80. The first-order valence-electron chi connectivity index (χ1n) is 9.51. The lowest BCUT2D eigenvalue weighted by molar-refractivity contribution is -0.931. The molecule has 2 fully saturated rings. The molecule has 0 aromatic heterocycles. The van der Waals surface area contributed by atoms with E-state index in [1.807, 2.05) is 0 Å². The molecular formula is C20H32N3S+. The Morgan fingerprint density at radius 1 is 1.08 bits per heavy atom. The molecular weight excluding hydrogens is 314 g/mol. The van der Waals surface area contributed by atoms with Gasteiger partial charge in [0.1, 0.15) is 0 Å². The van der Waals surface area contributed by atoms with Gasteiger partial charge in [-0.25, -0.2) is 0 Å². The standard InChI is InChI=1S/C20H31N3S/c1-15-7-6-10-19(16(15)2)21-20(24)23-13-11-18(12-14-23)22(3)17-8-4-5-9-17/h6-7,10,17-18H,4-5,8-9,11-14H2,1-3H3,(H,21,24)/p+1. The Morgan fingerprint density at radius 2 is 1.71 bits per heavy atom. The fraction of sp³-hybridized carbons (Fsp3) is 0.650. The van der Waals surface area contributed by atoms with E-state index in [1.54, 1.807) is 4.90 Å². The number of likely N-dealkylation sites (tertiary alicyclic amines) is 1. The summed E-state index contributed by atoms with van der Waals surface area (Å²) in [5.74, 6) is 0. The van der Waals surface area contributed by atoms with Crippen molar-refractivity contribution in [2.45, 2.75) is 64.5 Å². The second-order valence-electron chi connectivity index (χ2n) is 7.66. The molecule has 0 amide bonds. The summed E-state index contributed by atoms with van der Waals surface area (Å²) in [6.07, 6.45) is 8.25. The zero-order valence-corrected chi connectivity index (χ0v) is 16.2. The van der Waals surface area contributed by atoms with Gasteiger partial charge in [-0.3, -0.25) is 0 Å². The van der Waals surface area contributed by atoms with Crippen LogP contribution in [0.3, 0.4) is 0 Å². The molecule has 3 rings (SSSR count). The fourth-order valence-corrected chi connectivity index (χ4v) is 4.63. The molecule has 4 heteroatoms. The van der Waals surface area contributed by atoms with Crippen molar-refractivity contribution in [1.82, 2.24) is 4.90 Å². The summed E-state index contributed by atoms with van der Waals surface area (Å²) in [5, 5.41) is 4.36. The van der Waals surface area contributed by atoms with Gasteiger partial charge in [0, 0.05) is 31.6 Å². The zero-order chi connectivity index (χ0) is 17.1. The number of benzene rings is 1. The predicted molar refractivity (Wildman–Crippen MR) is 106 cm³/mol. The highest BCUT2D eigenvalue weighted by Gasteiger charge is 2.32. The second-order valence-corrected chi connectivity index (χ2v) is 8.05. The molecule has 0 radical (unpaired) electrons. The highest BCUT2D eigenvalue weighted by atomic mass is 32.1. The Kier molecular flexibility index (Phi) is 5.77. The maximum Gasteiger partial charge on any atom is 0.173 e. The van der Waals surface area contributed by atoms with Gasteiger partial charge in [-0.1, -0.05) is 12.1 Å². The smallest absolute Gasteiger partial charge is 0.173 e. The summed E-state index contributed by atoms with van der Waals surface area (Å²) in [7, 11) is 2.42. The van der Waals surface area contributed by atoms with E-state index < -0.39 is 0 Å².